The van der Waals surface area contributed by atoms with Crippen molar-refractivity contribution in [1.29, 1.82) is 0 Å². The Hall–Kier alpha value is -0.860. The summed E-state index contributed by atoms with van der Waals surface area (Å²) < 4.78 is 0. The quantitative estimate of drug-likeness (QED) is 0.710. The van der Waals surface area contributed by atoms with E-state index in [0.29, 0.717) is 5.92 Å². The lowest BCUT2D eigenvalue weighted by Gasteiger charge is -2.17. The lowest BCUT2D eigenvalue weighted by molar-refractivity contribution is -0.129. The number of rotatable bonds is 4. The third-order valence-electron chi connectivity index (χ3n) is 2.33. The van der Waals surface area contributed by atoms with Gasteiger partial charge in [0.25, 0.3) is 0 Å². The second-order valence-corrected chi connectivity index (χ2v) is 4.07. The predicted molar refractivity (Wildman–Crippen MR) is 50.2 cm³/mol. The lowest BCUT2D eigenvalue weighted by atomic mass is 9.98. The zero-order chi connectivity index (χ0) is 10.0. The van der Waals surface area contributed by atoms with E-state index in [4.69, 9.17) is 0 Å². The van der Waals surface area contributed by atoms with Crippen molar-refractivity contribution in [3.63, 3.8) is 0 Å². The van der Waals surface area contributed by atoms with Crippen molar-refractivity contribution in [3.05, 3.63) is 0 Å². The van der Waals surface area contributed by atoms with E-state index in [0.717, 1.165) is 12.8 Å². The Bertz CT molecular complexity index is 219. The maximum Gasteiger partial charge on any atom is 0.217 e. The molecule has 3 nitrogen and oxygen atoms in total. The molecule has 1 aliphatic carbocycles. The van der Waals surface area contributed by atoms with E-state index in [9.17, 15) is 9.59 Å². The summed E-state index contributed by atoms with van der Waals surface area (Å²) in [4.78, 5) is 22.5. The number of nitrogens with one attached hydrogen (secondary N) is 1. The molecule has 1 aliphatic rings. The van der Waals surface area contributed by atoms with Gasteiger partial charge in [-0.25, -0.2) is 0 Å². The van der Waals surface area contributed by atoms with Gasteiger partial charge in [0.15, 0.2) is 5.78 Å². The molecule has 1 unspecified atom stereocenters. The van der Waals surface area contributed by atoms with Crippen LogP contribution in [0.15, 0.2) is 0 Å². The highest BCUT2D eigenvalue weighted by molar-refractivity contribution is 5.90. The van der Waals surface area contributed by atoms with Gasteiger partial charge in [0.1, 0.15) is 0 Å². The van der Waals surface area contributed by atoms with Gasteiger partial charge in [-0.15, -0.1) is 0 Å². The van der Waals surface area contributed by atoms with Crippen molar-refractivity contribution in [2.45, 2.75) is 39.7 Å². The molecule has 0 aromatic carbocycles. The SMILES string of the molecule is CC(=O)NC(C(=O)C(C)C)C1CC1. The van der Waals surface area contributed by atoms with E-state index in [1.807, 2.05) is 13.8 Å². The molecule has 0 radical (unpaired) electrons. The van der Waals surface area contributed by atoms with E-state index < -0.39 is 0 Å². The Morgan fingerprint density at radius 3 is 2.15 bits per heavy atom. The first-order valence-corrected chi connectivity index (χ1v) is 4.83. The Balaban J connectivity index is 2.56. The van der Waals surface area contributed by atoms with E-state index in [-0.39, 0.29) is 23.7 Å². The Kier molecular flexibility index (Phi) is 3.07. The van der Waals surface area contributed by atoms with Crippen LogP contribution in [0.2, 0.25) is 0 Å². The van der Waals surface area contributed by atoms with E-state index in [1.165, 1.54) is 6.92 Å². The number of Topliss-reactive ketones (excluding diaryl/α,β-unsaturated/α-hetero) is 1. The van der Waals surface area contributed by atoms with Gasteiger partial charge in [-0.2, -0.15) is 0 Å². The van der Waals surface area contributed by atoms with Gasteiger partial charge in [0.05, 0.1) is 6.04 Å². The molecular formula is C10H17NO2. The van der Waals surface area contributed by atoms with E-state index >= 15 is 0 Å². The van der Waals surface area contributed by atoms with Crippen LogP contribution in [0, 0.1) is 11.8 Å². The fourth-order valence-electron chi connectivity index (χ4n) is 1.43. The minimum Gasteiger partial charge on any atom is -0.346 e. The molecule has 1 saturated carbocycles. The fourth-order valence-corrected chi connectivity index (χ4v) is 1.43. The van der Waals surface area contributed by atoms with E-state index in [2.05, 4.69) is 5.32 Å². The second kappa shape index (κ2) is 3.90. The molecule has 0 saturated heterocycles. The maximum absolute atomic E-state index is 11.6. The van der Waals surface area contributed by atoms with Gasteiger partial charge in [-0.3, -0.25) is 9.59 Å². The number of amides is 1. The zero-order valence-corrected chi connectivity index (χ0v) is 8.46. The molecule has 13 heavy (non-hydrogen) atoms. The van der Waals surface area contributed by atoms with E-state index in [1.54, 1.807) is 0 Å². The zero-order valence-electron chi connectivity index (χ0n) is 8.46. The Morgan fingerprint density at radius 1 is 1.31 bits per heavy atom. The summed E-state index contributed by atoms with van der Waals surface area (Å²) in [7, 11) is 0. The summed E-state index contributed by atoms with van der Waals surface area (Å²) in [6.07, 6.45) is 2.15. The molecule has 0 aromatic heterocycles. The van der Waals surface area contributed by atoms with Crippen molar-refractivity contribution in [3.8, 4) is 0 Å². The van der Waals surface area contributed by atoms with Crippen LogP contribution in [-0.4, -0.2) is 17.7 Å². The van der Waals surface area contributed by atoms with Gasteiger partial charge in [-0.05, 0) is 18.8 Å². The molecule has 74 valence electrons. The molecule has 0 aliphatic heterocycles. The molecular weight excluding hydrogens is 166 g/mol. The number of ketones is 1. The first-order valence-electron chi connectivity index (χ1n) is 4.83. The first kappa shape index (κ1) is 10.2. The molecule has 3 heteroatoms. The molecule has 1 rings (SSSR count). The minimum absolute atomic E-state index is 0.0115. The fraction of sp³-hybridized carbons (Fsp3) is 0.800. The van der Waals surface area contributed by atoms with Crippen molar-refractivity contribution in [1.82, 2.24) is 5.32 Å². The van der Waals surface area contributed by atoms with Gasteiger partial charge >= 0.3 is 0 Å². The smallest absolute Gasteiger partial charge is 0.217 e. The summed E-state index contributed by atoms with van der Waals surface area (Å²) >= 11 is 0. The topological polar surface area (TPSA) is 46.2 Å². The van der Waals surface area contributed by atoms with Crippen molar-refractivity contribution in [2.75, 3.05) is 0 Å². The van der Waals surface area contributed by atoms with Gasteiger partial charge in [0, 0.05) is 12.8 Å². The minimum atomic E-state index is -0.225. The number of carbonyl (C=O) groups is 2. The summed E-state index contributed by atoms with van der Waals surface area (Å²) in [5.41, 5.74) is 0. The molecule has 0 spiro atoms. The lowest BCUT2D eigenvalue weighted by Crippen LogP contribution is -2.43. The number of carbonyl (C=O) groups excluding carboxylic acids is 2. The van der Waals surface area contributed by atoms with Crippen LogP contribution in [0.5, 0.6) is 0 Å². The second-order valence-electron chi connectivity index (χ2n) is 4.07. The van der Waals surface area contributed by atoms with Crippen LogP contribution in [0.3, 0.4) is 0 Å². The number of hydrogen-bond donors (Lipinski definition) is 1. The van der Waals surface area contributed by atoms with Crippen LogP contribution in [0.1, 0.15) is 33.6 Å². The van der Waals surface area contributed by atoms with Crippen LogP contribution in [0.4, 0.5) is 0 Å². The van der Waals surface area contributed by atoms with Crippen molar-refractivity contribution in [2.24, 2.45) is 11.8 Å². The average Bonchev–Trinajstić information content (AvgIpc) is 2.80. The first-order chi connectivity index (χ1) is 6.02. The highest BCUT2D eigenvalue weighted by Crippen LogP contribution is 2.33. The maximum atomic E-state index is 11.6. The van der Waals surface area contributed by atoms with Crippen molar-refractivity contribution >= 4 is 11.7 Å². The summed E-state index contributed by atoms with van der Waals surface area (Å²) in [6.45, 7) is 5.21. The highest BCUT2D eigenvalue weighted by atomic mass is 16.2. The van der Waals surface area contributed by atoms with Crippen LogP contribution < -0.4 is 5.32 Å². The summed E-state index contributed by atoms with van der Waals surface area (Å²) in [5, 5.41) is 2.73. The molecule has 1 N–H and O–H groups in total. The summed E-state index contributed by atoms with van der Waals surface area (Å²) in [5.74, 6) is 0.472. The largest absolute Gasteiger partial charge is 0.346 e. The Morgan fingerprint density at radius 2 is 1.85 bits per heavy atom. The van der Waals surface area contributed by atoms with Crippen LogP contribution in [-0.2, 0) is 9.59 Å². The third kappa shape index (κ3) is 2.83. The third-order valence-corrected chi connectivity index (χ3v) is 2.33. The average molecular weight is 183 g/mol. The molecule has 1 fully saturated rings. The Labute approximate surface area is 78.9 Å². The predicted octanol–water partition coefficient (Wildman–Crippen LogP) is 1.13. The van der Waals surface area contributed by atoms with Gasteiger partial charge in [-0.1, -0.05) is 13.8 Å². The molecule has 1 atom stereocenters. The standard InChI is InChI=1S/C10H17NO2/c1-6(2)10(13)9(8-4-5-8)11-7(3)12/h6,8-9H,4-5H2,1-3H3,(H,11,12). The van der Waals surface area contributed by atoms with Gasteiger partial charge in [0.2, 0.25) is 5.91 Å². The molecule has 0 heterocycles. The molecule has 0 aromatic rings. The number of hydrogen-bond acceptors (Lipinski definition) is 2. The monoisotopic (exact) mass is 183 g/mol. The summed E-state index contributed by atoms with van der Waals surface area (Å²) in [6, 6.07) is -0.225. The normalized spacial score (nSPS) is 18.5. The molecule has 0 bridgehead atoms. The van der Waals surface area contributed by atoms with Gasteiger partial charge < -0.3 is 5.32 Å². The van der Waals surface area contributed by atoms with Crippen molar-refractivity contribution < 1.29 is 9.59 Å². The van der Waals surface area contributed by atoms with Crippen LogP contribution in [0.25, 0.3) is 0 Å². The molecule has 1 amide bonds. The highest BCUT2D eigenvalue weighted by Gasteiger charge is 2.37. The van der Waals surface area contributed by atoms with Crippen LogP contribution >= 0.6 is 0 Å².